The van der Waals surface area contributed by atoms with Crippen molar-refractivity contribution >= 4 is 44.4 Å². The first-order valence-electron chi connectivity index (χ1n) is 10.7. The molecule has 0 bridgehead atoms. The van der Waals surface area contributed by atoms with Gasteiger partial charge in [0.05, 0.1) is 5.69 Å². The second kappa shape index (κ2) is 10.1. The zero-order valence-corrected chi connectivity index (χ0v) is 19.2. The first-order chi connectivity index (χ1) is 15.5. The minimum Gasteiger partial charge on any atom is -0.506 e. The van der Waals surface area contributed by atoms with Crippen LogP contribution < -0.4 is 15.5 Å². The molecule has 3 aromatic rings. The zero-order chi connectivity index (χ0) is 22.5. The molecule has 9 nitrogen and oxygen atoms in total. The highest BCUT2D eigenvalue weighted by molar-refractivity contribution is 7.22. The van der Waals surface area contributed by atoms with Gasteiger partial charge in [-0.1, -0.05) is 23.5 Å². The van der Waals surface area contributed by atoms with Gasteiger partial charge in [-0.15, -0.1) is 0 Å². The van der Waals surface area contributed by atoms with Gasteiger partial charge in [0, 0.05) is 39.8 Å². The molecular weight excluding hydrogens is 426 g/mol. The monoisotopic (exact) mass is 455 g/mol. The van der Waals surface area contributed by atoms with Crippen LogP contribution in [0.15, 0.2) is 36.4 Å². The lowest BCUT2D eigenvalue weighted by Crippen LogP contribution is -2.45. The number of aromatic hydroxyl groups is 1. The van der Waals surface area contributed by atoms with Gasteiger partial charge in [-0.25, -0.2) is 14.8 Å². The summed E-state index contributed by atoms with van der Waals surface area (Å²) in [5.41, 5.74) is 1.38. The molecule has 32 heavy (non-hydrogen) atoms. The maximum atomic E-state index is 12.2. The van der Waals surface area contributed by atoms with Crippen LogP contribution in [-0.4, -0.2) is 84.3 Å². The Labute approximate surface area is 191 Å². The van der Waals surface area contributed by atoms with E-state index in [1.165, 1.54) is 11.3 Å². The Morgan fingerprint density at radius 3 is 2.72 bits per heavy atom. The standard InChI is InChI=1S/C22H29N7O2S/c1-27-12-14-29(15-13-27)11-5-10-23-21(31)26-22-24-16-8-9-19(25-20(16)32-22)28(2)17-6-3-4-7-18(17)30/h3-4,6-9,30H,5,10-15H2,1-2H3,(H2,23,24,26,31). The van der Waals surface area contributed by atoms with Crippen LogP contribution in [0.5, 0.6) is 5.75 Å². The summed E-state index contributed by atoms with van der Waals surface area (Å²) in [5.74, 6) is 0.871. The normalized spacial score (nSPS) is 15.1. The van der Waals surface area contributed by atoms with Crippen molar-refractivity contribution in [1.29, 1.82) is 0 Å². The van der Waals surface area contributed by atoms with Crippen LogP contribution >= 0.6 is 11.3 Å². The fourth-order valence-corrected chi connectivity index (χ4v) is 4.46. The predicted molar refractivity (Wildman–Crippen MR) is 129 cm³/mol. The largest absolute Gasteiger partial charge is 0.506 e. The van der Waals surface area contributed by atoms with Crippen LogP contribution in [0.2, 0.25) is 0 Å². The van der Waals surface area contributed by atoms with Crippen LogP contribution in [0.1, 0.15) is 6.42 Å². The van der Waals surface area contributed by atoms with E-state index in [0.717, 1.165) is 49.5 Å². The number of aromatic nitrogens is 2. The number of hydrogen-bond donors (Lipinski definition) is 3. The van der Waals surface area contributed by atoms with Gasteiger partial charge in [0.15, 0.2) is 5.13 Å². The topological polar surface area (TPSA) is 96.9 Å². The Bertz CT molecular complexity index is 1070. The van der Waals surface area contributed by atoms with E-state index in [4.69, 9.17) is 0 Å². The van der Waals surface area contributed by atoms with Crippen molar-refractivity contribution in [1.82, 2.24) is 25.1 Å². The Morgan fingerprint density at radius 2 is 1.94 bits per heavy atom. The van der Waals surface area contributed by atoms with Gasteiger partial charge >= 0.3 is 6.03 Å². The smallest absolute Gasteiger partial charge is 0.321 e. The maximum Gasteiger partial charge on any atom is 0.321 e. The van der Waals surface area contributed by atoms with Gasteiger partial charge in [-0.05, 0) is 44.3 Å². The number of amides is 2. The van der Waals surface area contributed by atoms with Crippen molar-refractivity contribution in [2.45, 2.75) is 6.42 Å². The number of fused-ring (bicyclic) bond motifs is 1. The minimum atomic E-state index is -0.256. The van der Waals surface area contributed by atoms with Crippen molar-refractivity contribution in [3.8, 4) is 5.75 Å². The molecular formula is C22H29N7O2S. The number of thiazole rings is 1. The Kier molecular flexibility index (Phi) is 7.03. The van der Waals surface area contributed by atoms with Gasteiger partial charge in [0.2, 0.25) is 0 Å². The summed E-state index contributed by atoms with van der Waals surface area (Å²) >= 11 is 1.32. The number of benzene rings is 1. The van der Waals surface area contributed by atoms with Gasteiger partial charge in [0.25, 0.3) is 0 Å². The molecule has 2 aromatic heterocycles. The maximum absolute atomic E-state index is 12.2. The number of anilines is 3. The third-order valence-corrected chi connectivity index (χ3v) is 6.46. The molecule has 10 heteroatoms. The van der Waals surface area contributed by atoms with E-state index in [9.17, 15) is 9.90 Å². The predicted octanol–water partition coefficient (Wildman–Crippen LogP) is 2.92. The molecule has 1 aliphatic rings. The number of carbonyl (C=O) groups excluding carboxylic acids is 1. The number of piperazine rings is 1. The van der Waals surface area contributed by atoms with Crippen LogP contribution in [-0.2, 0) is 0 Å². The molecule has 0 saturated carbocycles. The molecule has 1 fully saturated rings. The van der Waals surface area contributed by atoms with E-state index in [0.29, 0.717) is 23.2 Å². The number of nitrogens with one attached hydrogen (secondary N) is 2. The first-order valence-corrected chi connectivity index (χ1v) is 11.6. The van der Waals surface area contributed by atoms with E-state index in [1.54, 1.807) is 12.1 Å². The van der Waals surface area contributed by atoms with Crippen molar-refractivity contribution in [2.24, 2.45) is 0 Å². The molecule has 4 rings (SSSR count). The van der Waals surface area contributed by atoms with E-state index < -0.39 is 0 Å². The Balaban J connectivity index is 1.30. The molecule has 3 N–H and O–H groups in total. The Hall–Kier alpha value is -2.95. The van der Waals surface area contributed by atoms with Crippen molar-refractivity contribution in [2.75, 3.05) is 63.6 Å². The molecule has 0 aliphatic carbocycles. The fourth-order valence-electron chi connectivity index (χ4n) is 3.64. The summed E-state index contributed by atoms with van der Waals surface area (Å²) in [5, 5.41) is 16.3. The number of rotatable bonds is 7. The van der Waals surface area contributed by atoms with E-state index in [1.807, 2.05) is 36.2 Å². The summed E-state index contributed by atoms with van der Waals surface area (Å²) in [6.45, 7) is 5.99. The van der Waals surface area contributed by atoms with E-state index >= 15 is 0 Å². The van der Waals surface area contributed by atoms with E-state index in [-0.39, 0.29) is 11.8 Å². The van der Waals surface area contributed by atoms with E-state index in [2.05, 4.69) is 37.4 Å². The number of carbonyl (C=O) groups is 1. The zero-order valence-electron chi connectivity index (χ0n) is 18.4. The second-order valence-corrected chi connectivity index (χ2v) is 8.92. The van der Waals surface area contributed by atoms with Crippen LogP contribution in [0, 0.1) is 0 Å². The molecule has 0 radical (unpaired) electrons. The number of likely N-dealkylation sites (N-methyl/N-ethyl adjacent to an activating group) is 1. The SMILES string of the molecule is CN1CCN(CCCNC(=O)Nc2nc3ccc(N(C)c4ccccc4O)nc3s2)CC1. The quantitative estimate of drug-likeness (QED) is 0.471. The van der Waals surface area contributed by atoms with Gasteiger partial charge in [-0.3, -0.25) is 5.32 Å². The highest BCUT2D eigenvalue weighted by Crippen LogP contribution is 2.32. The van der Waals surface area contributed by atoms with Gasteiger partial charge in [0.1, 0.15) is 21.9 Å². The highest BCUT2D eigenvalue weighted by Gasteiger charge is 2.15. The van der Waals surface area contributed by atoms with Crippen LogP contribution in [0.25, 0.3) is 10.3 Å². The summed E-state index contributed by atoms with van der Waals surface area (Å²) in [6, 6.07) is 10.6. The average molecular weight is 456 g/mol. The number of phenolic OH excluding ortho intramolecular Hbond substituents is 1. The van der Waals surface area contributed by atoms with Crippen molar-refractivity contribution in [3.63, 3.8) is 0 Å². The number of urea groups is 1. The number of phenols is 1. The highest BCUT2D eigenvalue weighted by atomic mass is 32.1. The number of hydrogen-bond acceptors (Lipinski definition) is 8. The van der Waals surface area contributed by atoms with Crippen molar-refractivity contribution < 1.29 is 9.90 Å². The minimum absolute atomic E-state index is 0.188. The molecule has 3 heterocycles. The third kappa shape index (κ3) is 5.45. The number of nitrogens with zero attached hydrogens (tertiary/aromatic N) is 5. The molecule has 1 saturated heterocycles. The Morgan fingerprint density at radius 1 is 1.16 bits per heavy atom. The number of para-hydroxylation sites is 2. The number of pyridine rings is 1. The van der Waals surface area contributed by atoms with Crippen LogP contribution in [0.4, 0.5) is 21.4 Å². The lowest BCUT2D eigenvalue weighted by molar-refractivity contribution is 0.153. The molecule has 170 valence electrons. The molecule has 1 aliphatic heterocycles. The molecule has 0 atom stereocenters. The summed E-state index contributed by atoms with van der Waals surface area (Å²) in [7, 11) is 3.99. The fraction of sp³-hybridized carbons (Fsp3) is 0.409. The summed E-state index contributed by atoms with van der Waals surface area (Å²) in [4.78, 5) is 28.6. The second-order valence-electron chi connectivity index (χ2n) is 7.94. The lowest BCUT2D eigenvalue weighted by Gasteiger charge is -2.32. The van der Waals surface area contributed by atoms with Gasteiger partial charge < -0.3 is 25.1 Å². The summed E-state index contributed by atoms with van der Waals surface area (Å²) in [6.07, 6.45) is 0.917. The third-order valence-electron chi connectivity index (χ3n) is 5.58. The molecule has 2 amide bonds. The first kappa shape index (κ1) is 22.3. The van der Waals surface area contributed by atoms with Crippen molar-refractivity contribution in [3.05, 3.63) is 36.4 Å². The lowest BCUT2D eigenvalue weighted by atomic mass is 10.2. The molecule has 0 unspecified atom stereocenters. The summed E-state index contributed by atoms with van der Waals surface area (Å²) < 4.78 is 0. The van der Waals surface area contributed by atoms with Gasteiger partial charge in [-0.2, -0.15) is 0 Å². The molecule has 0 spiro atoms. The van der Waals surface area contributed by atoms with Crippen LogP contribution in [0.3, 0.4) is 0 Å². The molecule has 1 aromatic carbocycles. The average Bonchev–Trinajstić information content (AvgIpc) is 3.19.